The van der Waals surface area contributed by atoms with E-state index >= 15 is 0 Å². The quantitative estimate of drug-likeness (QED) is 0.232. The second kappa shape index (κ2) is 10.9. The van der Waals surface area contributed by atoms with Crippen molar-refractivity contribution in [1.29, 1.82) is 0 Å². The summed E-state index contributed by atoms with van der Waals surface area (Å²) in [4.78, 5) is 0. The van der Waals surface area contributed by atoms with Crippen molar-refractivity contribution in [2.45, 2.75) is 13.2 Å². The lowest BCUT2D eigenvalue weighted by molar-refractivity contribution is 0.281. The molecule has 3 aromatic carbocycles. The Labute approximate surface area is 215 Å². The summed E-state index contributed by atoms with van der Waals surface area (Å²) in [5, 5.41) is 7.92. The summed E-state index contributed by atoms with van der Waals surface area (Å²) in [6.45, 7) is 0.734. The minimum absolute atomic E-state index is 0.356. The summed E-state index contributed by atoms with van der Waals surface area (Å²) in [7, 11) is 3.23. The van der Waals surface area contributed by atoms with Gasteiger partial charge in [-0.3, -0.25) is 0 Å². The van der Waals surface area contributed by atoms with Crippen LogP contribution in [0.2, 0.25) is 5.02 Å². The van der Waals surface area contributed by atoms with Crippen molar-refractivity contribution >= 4 is 39.7 Å². The van der Waals surface area contributed by atoms with E-state index in [4.69, 9.17) is 38.0 Å². The Hall–Kier alpha value is -3.01. The molecule has 0 aliphatic rings. The van der Waals surface area contributed by atoms with Crippen LogP contribution in [0.4, 0.5) is 0 Å². The average Bonchev–Trinajstić information content (AvgIpc) is 3.23. The number of nitrogens with one attached hydrogen (secondary N) is 2. The zero-order valence-corrected chi connectivity index (χ0v) is 21.6. The van der Waals surface area contributed by atoms with Gasteiger partial charge in [0.25, 0.3) is 0 Å². The molecule has 2 N–H and O–H groups in total. The molecule has 0 aliphatic carbocycles. The van der Waals surface area contributed by atoms with Crippen molar-refractivity contribution in [1.82, 2.24) is 14.9 Å². The number of aromatic nitrogens is 3. The molecule has 0 bridgehead atoms. The molecule has 0 spiro atoms. The second-order valence-electron chi connectivity index (χ2n) is 7.20. The van der Waals surface area contributed by atoms with E-state index in [0.717, 1.165) is 21.2 Å². The van der Waals surface area contributed by atoms with Gasteiger partial charge in [-0.25, -0.2) is 9.77 Å². The maximum absolute atomic E-state index is 6.20. The van der Waals surface area contributed by atoms with Crippen LogP contribution in [-0.4, -0.2) is 29.1 Å². The number of ether oxygens (including phenoxy) is 3. The van der Waals surface area contributed by atoms with Crippen LogP contribution in [0.25, 0.3) is 11.4 Å². The summed E-state index contributed by atoms with van der Waals surface area (Å²) < 4.78 is 20.3. The van der Waals surface area contributed by atoms with Gasteiger partial charge in [-0.15, -0.1) is 0 Å². The van der Waals surface area contributed by atoms with Crippen molar-refractivity contribution < 1.29 is 14.2 Å². The summed E-state index contributed by atoms with van der Waals surface area (Å²) in [5.41, 5.74) is 6.00. The Morgan fingerprint density at radius 1 is 1.03 bits per heavy atom. The topological polar surface area (TPSA) is 73.3 Å². The molecular formula is C24H22BrClN4O3S. The maximum atomic E-state index is 6.20. The molecule has 4 rings (SSSR count). The second-order valence-corrected chi connectivity index (χ2v) is 8.87. The Morgan fingerprint density at radius 2 is 1.76 bits per heavy atom. The third kappa shape index (κ3) is 5.22. The van der Waals surface area contributed by atoms with Gasteiger partial charge < -0.3 is 19.6 Å². The first-order chi connectivity index (χ1) is 16.5. The molecule has 0 atom stereocenters. The van der Waals surface area contributed by atoms with Crippen molar-refractivity contribution in [3.8, 4) is 28.6 Å². The first-order valence-electron chi connectivity index (χ1n) is 10.3. The average molecular weight is 562 g/mol. The van der Waals surface area contributed by atoms with Gasteiger partial charge in [0, 0.05) is 15.1 Å². The van der Waals surface area contributed by atoms with E-state index < -0.39 is 0 Å². The normalized spacial score (nSPS) is 10.7. The van der Waals surface area contributed by atoms with Crippen LogP contribution in [0.1, 0.15) is 11.1 Å². The number of rotatable bonds is 9. The maximum Gasteiger partial charge on any atom is 0.214 e. The Kier molecular flexibility index (Phi) is 7.77. The highest BCUT2D eigenvalue weighted by Crippen LogP contribution is 2.37. The van der Waals surface area contributed by atoms with Gasteiger partial charge in [0.05, 0.1) is 26.3 Å². The number of hydrogen-bond acceptors (Lipinski definition) is 6. The molecule has 0 amide bonds. The van der Waals surface area contributed by atoms with Crippen LogP contribution in [0, 0.1) is 4.77 Å². The zero-order chi connectivity index (χ0) is 24.1. The number of halogens is 2. The minimum atomic E-state index is 0.356. The van der Waals surface area contributed by atoms with Crippen LogP contribution in [0.3, 0.4) is 0 Å². The molecule has 7 nitrogen and oxygen atoms in total. The SMILES string of the molecule is COc1ccccc1-c1n[nH]c(=S)n1NCc1c(Br)ccc(OC)c1OCc1ccc(Cl)cc1. The lowest BCUT2D eigenvalue weighted by Gasteiger charge is -2.18. The van der Waals surface area contributed by atoms with Gasteiger partial charge in [-0.05, 0) is 54.2 Å². The third-order valence-electron chi connectivity index (χ3n) is 5.12. The van der Waals surface area contributed by atoms with E-state index in [9.17, 15) is 0 Å². The van der Waals surface area contributed by atoms with Gasteiger partial charge in [0.15, 0.2) is 17.3 Å². The number of para-hydroxylation sites is 1. The zero-order valence-electron chi connectivity index (χ0n) is 18.5. The fourth-order valence-electron chi connectivity index (χ4n) is 3.41. The number of H-pyrrole nitrogens is 1. The van der Waals surface area contributed by atoms with Crippen molar-refractivity contribution in [2.24, 2.45) is 0 Å². The first kappa shape index (κ1) is 24.1. The lowest BCUT2D eigenvalue weighted by atomic mass is 10.1. The molecule has 0 saturated heterocycles. The smallest absolute Gasteiger partial charge is 0.214 e. The molecule has 176 valence electrons. The molecule has 0 unspecified atom stereocenters. The molecule has 10 heteroatoms. The predicted molar refractivity (Wildman–Crippen MR) is 139 cm³/mol. The molecule has 0 aliphatic heterocycles. The summed E-state index contributed by atoms with van der Waals surface area (Å²) in [6, 6.07) is 18.9. The van der Waals surface area contributed by atoms with Gasteiger partial charge >= 0.3 is 0 Å². The molecular weight excluding hydrogens is 540 g/mol. The molecule has 0 fully saturated rings. The molecule has 0 radical (unpaired) electrons. The van der Waals surface area contributed by atoms with Crippen molar-refractivity contribution in [3.05, 3.63) is 86.1 Å². The number of benzene rings is 3. The predicted octanol–water partition coefficient (Wildman–Crippen LogP) is 6.36. The summed E-state index contributed by atoms with van der Waals surface area (Å²) >= 11 is 15.1. The molecule has 1 heterocycles. The summed E-state index contributed by atoms with van der Waals surface area (Å²) in [5.74, 6) is 2.53. The van der Waals surface area contributed by atoms with E-state index in [1.54, 1.807) is 18.9 Å². The standard InChI is InChI=1S/C24H22BrClN4O3S/c1-31-20-6-4-3-5-17(20)23-28-29-24(34)30(23)27-13-18-19(25)11-12-21(32-2)22(18)33-14-15-7-9-16(26)10-8-15/h3-12,27H,13-14H2,1-2H3,(H,29,34). The Morgan fingerprint density at radius 3 is 2.50 bits per heavy atom. The van der Waals surface area contributed by atoms with Gasteiger partial charge in [0.2, 0.25) is 4.77 Å². The Balaban J connectivity index is 1.63. The van der Waals surface area contributed by atoms with Crippen LogP contribution in [-0.2, 0) is 13.2 Å². The van der Waals surface area contributed by atoms with Crippen LogP contribution in [0.5, 0.6) is 17.2 Å². The van der Waals surface area contributed by atoms with Crippen molar-refractivity contribution in [3.63, 3.8) is 0 Å². The summed E-state index contributed by atoms with van der Waals surface area (Å²) in [6.07, 6.45) is 0. The first-order valence-corrected chi connectivity index (χ1v) is 11.9. The van der Waals surface area contributed by atoms with Crippen LogP contribution >= 0.6 is 39.7 Å². The number of hydrogen-bond donors (Lipinski definition) is 2. The number of nitrogens with zero attached hydrogens (tertiary/aromatic N) is 2. The number of methoxy groups -OCH3 is 2. The van der Waals surface area contributed by atoms with Gasteiger partial charge in [-0.1, -0.05) is 51.8 Å². The molecule has 4 aromatic rings. The van der Waals surface area contributed by atoms with E-state index in [2.05, 4.69) is 31.6 Å². The van der Waals surface area contributed by atoms with E-state index in [1.165, 1.54) is 0 Å². The van der Waals surface area contributed by atoms with E-state index in [0.29, 0.717) is 46.0 Å². The number of aromatic amines is 1. The van der Waals surface area contributed by atoms with E-state index in [1.807, 2.05) is 60.7 Å². The molecule has 1 aromatic heterocycles. The van der Waals surface area contributed by atoms with E-state index in [-0.39, 0.29) is 0 Å². The molecule has 34 heavy (non-hydrogen) atoms. The highest BCUT2D eigenvalue weighted by molar-refractivity contribution is 9.10. The monoisotopic (exact) mass is 560 g/mol. The third-order valence-corrected chi connectivity index (χ3v) is 6.39. The lowest BCUT2D eigenvalue weighted by Crippen LogP contribution is -2.17. The fraction of sp³-hybridized carbons (Fsp3) is 0.167. The molecule has 0 saturated carbocycles. The van der Waals surface area contributed by atoms with Crippen molar-refractivity contribution in [2.75, 3.05) is 19.6 Å². The largest absolute Gasteiger partial charge is 0.496 e. The minimum Gasteiger partial charge on any atom is -0.496 e. The Bertz CT molecular complexity index is 1340. The highest BCUT2D eigenvalue weighted by Gasteiger charge is 2.18. The van der Waals surface area contributed by atoms with Gasteiger partial charge in [0.1, 0.15) is 12.4 Å². The van der Waals surface area contributed by atoms with Crippen LogP contribution in [0.15, 0.2) is 65.1 Å². The van der Waals surface area contributed by atoms with Gasteiger partial charge in [-0.2, -0.15) is 5.10 Å². The fourth-order valence-corrected chi connectivity index (χ4v) is 4.19. The van der Waals surface area contributed by atoms with Crippen LogP contribution < -0.4 is 19.6 Å². The highest BCUT2D eigenvalue weighted by atomic mass is 79.9.